The summed E-state index contributed by atoms with van der Waals surface area (Å²) in [7, 11) is 0. The minimum Gasteiger partial charge on any atom is -0.492 e. The number of hydrogen-bond donors (Lipinski definition) is 1. The van der Waals surface area contributed by atoms with Crippen molar-refractivity contribution in [3.8, 4) is 5.75 Å². The Morgan fingerprint density at radius 3 is 2.44 bits per heavy atom. The van der Waals surface area contributed by atoms with Crippen molar-refractivity contribution >= 4 is 40.2 Å². The van der Waals surface area contributed by atoms with Gasteiger partial charge >= 0.3 is 0 Å². The molecule has 0 fully saturated rings. The lowest BCUT2D eigenvalue weighted by atomic mass is 10.1. The van der Waals surface area contributed by atoms with Crippen molar-refractivity contribution in [2.24, 2.45) is 11.8 Å². The number of benzene rings is 2. The Balaban J connectivity index is 1.63. The normalized spacial score (nSPS) is 11.6. The Bertz CT molecular complexity index is 1050. The molecular formula is C28H39Cl2N3O. The minimum absolute atomic E-state index is 0.547. The first-order chi connectivity index (χ1) is 16.3. The molecule has 0 aliphatic heterocycles. The van der Waals surface area contributed by atoms with Gasteiger partial charge in [0.15, 0.2) is 0 Å². The average molecular weight is 505 g/mol. The highest BCUT2D eigenvalue weighted by molar-refractivity contribution is 6.35. The molecule has 0 aliphatic rings. The molecule has 0 saturated carbocycles. The van der Waals surface area contributed by atoms with Gasteiger partial charge in [0.25, 0.3) is 0 Å². The Labute approximate surface area is 215 Å². The van der Waals surface area contributed by atoms with Gasteiger partial charge in [-0.15, -0.1) is 0 Å². The molecule has 186 valence electrons. The predicted molar refractivity (Wildman–Crippen MR) is 147 cm³/mol. The Kier molecular flexibility index (Phi) is 10.4. The molecule has 1 aromatic heterocycles. The average Bonchev–Trinajstić information content (AvgIpc) is 3.12. The van der Waals surface area contributed by atoms with Gasteiger partial charge in [0, 0.05) is 18.1 Å². The van der Waals surface area contributed by atoms with Crippen LogP contribution in [0.3, 0.4) is 0 Å². The fraction of sp³-hybridized carbons (Fsp3) is 0.536. The number of nitrogens with one attached hydrogen (secondary N) is 1. The SMILES string of the molecule is CC(C)CCCNc1nc2cc(CCCOc3ccc(Cl)cc3Cl)ccc2n1CCCC(C)C. The van der Waals surface area contributed by atoms with E-state index in [1.807, 2.05) is 6.07 Å². The molecule has 34 heavy (non-hydrogen) atoms. The molecular weight excluding hydrogens is 465 g/mol. The van der Waals surface area contributed by atoms with Gasteiger partial charge in [-0.1, -0.05) is 57.0 Å². The van der Waals surface area contributed by atoms with Crippen molar-refractivity contribution in [1.82, 2.24) is 9.55 Å². The topological polar surface area (TPSA) is 39.1 Å². The molecule has 0 saturated heterocycles. The summed E-state index contributed by atoms with van der Waals surface area (Å²) >= 11 is 12.2. The van der Waals surface area contributed by atoms with Gasteiger partial charge in [0.05, 0.1) is 22.7 Å². The molecule has 4 nitrogen and oxygen atoms in total. The molecule has 0 atom stereocenters. The zero-order valence-electron chi connectivity index (χ0n) is 21.0. The molecule has 0 aliphatic carbocycles. The van der Waals surface area contributed by atoms with Gasteiger partial charge in [-0.2, -0.15) is 0 Å². The predicted octanol–water partition coefficient (Wildman–Crippen LogP) is 8.64. The fourth-order valence-electron chi connectivity index (χ4n) is 4.11. The molecule has 1 N–H and O–H groups in total. The van der Waals surface area contributed by atoms with Crippen LogP contribution in [0.2, 0.25) is 10.0 Å². The number of aromatic nitrogens is 2. The van der Waals surface area contributed by atoms with E-state index in [9.17, 15) is 0 Å². The Morgan fingerprint density at radius 2 is 1.71 bits per heavy atom. The van der Waals surface area contributed by atoms with Crippen LogP contribution in [0.5, 0.6) is 5.75 Å². The lowest BCUT2D eigenvalue weighted by Crippen LogP contribution is -2.10. The molecule has 0 bridgehead atoms. The van der Waals surface area contributed by atoms with Gasteiger partial charge in [0.2, 0.25) is 5.95 Å². The van der Waals surface area contributed by atoms with E-state index < -0.39 is 0 Å². The first kappa shape index (κ1) is 26.7. The number of nitrogens with zero attached hydrogens (tertiary/aromatic N) is 2. The Morgan fingerprint density at radius 1 is 0.941 bits per heavy atom. The highest BCUT2D eigenvalue weighted by atomic mass is 35.5. The summed E-state index contributed by atoms with van der Waals surface area (Å²) in [6, 6.07) is 12.0. The van der Waals surface area contributed by atoms with Crippen molar-refractivity contribution < 1.29 is 4.74 Å². The maximum atomic E-state index is 6.20. The van der Waals surface area contributed by atoms with Gasteiger partial charge in [-0.3, -0.25) is 0 Å². The standard InChI is InChI=1S/C28H39Cl2N3O/c1-20(2)8-5-15-31-28-32-25-18-22(11-13-26(25)33(28)16-6-9-21(3)4)10-7-17-34-27-14-12-23(29)19-24(27)30/h11-14,18-21H,5-10,15-17H2,1-4H3,(H,31,32). The molecule has 1 heterocycles. The zero-order chi connectivity index (χ0) is 24.5. The summed E-state index contributed by atoms with van der Waals surface area (Å²) in [5.41, 5.74) is 3.55. The summed E-state index contributed by atoms with van der Waals surface area (Å²) in [5, 5.41) is 4.77. The summed E-state index contributed by atoms with van der Waals surface area (Å²) in [6.07, 6.45) is 6.61. The first-order valence-electron chi connectivity index (χ1n) is 12.6. The van der Waals surface area contributed by atoms with Crippen LogP contribution < -0.4 is 10.1 Å². The Hall–Kier alpha value is -1.91. The van der Waals surface area contributed by atoms with Crippen LogP contribution in [0.4, 0.5) is 5.95 Å². The largest absolute Gasteiger partial charge is 0.492 e. The number of aryl methyl sites for hydroxylation is 2. The van der Waals surface area contributed by atoms with Crippen LogP contribution in [0.15, 0.2) is 36.4 Å². The quantitative estimate of drug-likeness (QED) is 0.223. The summed E-state index contributed by atoms with van der Waals surface area (Å²) in [6.45, 7) is 11.7. The number of ether oxygens (including phenoxy) is 1. The second kappa shape index (κ2) is 13.3. The number of rotatable bonds is 14. The molecule has 2 aromatic carbocycles. The third kappa shape index (κ3) is 8.09. The molecule has 0 unspecified atom stereocenters. The van der Waals surface area contributed by atoms with E-state index >= 15 is 0 Å². The van der Waals surface area contributed by atoms with Gasteiger partial charge < -0.3 is 14.6 Å². The number of imidazole rings is 1. The number of halogens is 2. The van der Waals surface area contributed by atoms with E-state index in [2.05, 4.69) is 55.8 Å². The number of fused-ring (bicyclic) bond motifs is 1. The van der Waals surface area contributed by atoms with Crippen LogP contribution in [-0.4, -0.2) is 22.7 Å². The van der Waals surface area contributed by atoms with E-state index in [-0.39, 0.29) is 0 Å². The third-order valence-electron chi connectivity index (χ3n) is 5.98. The van der Waals surface area contributed by atoms with Crippen molar-refractivity contribution in [2.75, 3.05) is 18.5 Å². The maximum absolute atomic E-state index is 6.20. The number of hydrogen-bond acceptors (Lipinski definition) is 3. The van der Waals surface area contributed by atoms with Crippen LogP contribution in [0.25, 0.3) is 11.0 Å². The van der Waals surface area contributed by atoms with E-state index in [4.69, 9.17) is 32.9 Å². The van der Waals surface area contributed by atoms with Gasteiger partial charge in [0.1, 0.15) is 5.75 Å². The molecule has 3 aromatic rings. The molecule has 3 rings (SSSR count). The van der Waals surface area contributed by atoms with E-state index in [0.717, 1.165) is 56.2 Å². The van der Waals surface area contributed by atoms with Gasteiger partial charge in [-0.05, 0) is 86.3 Å². The first-order valence-corrected chi connectivity index (χ1v) is 13.4. The maximum Gasteiger partial charge on any atom is 0.203 e. The third-order valence-corrected chi connectivity index (χ3v) is 6.51. The monoisotopic (exact) mass is 503 g/mol. The molecule has 0 spiro atoms. The van der Waals surface area contributed by atoms with E-state index in [1.165, 1.54) is 23.9 Å². The molecule has 0 radical (unpaired) electrons. The van der Waals surface area contributed by atoms with Crippen molar-refractivity contribution in [1.29, 1.82) is 0 Å². The van der Waals surface area contributed by atoms with Crippen LogP contribution in [0.1, 0.15) is 65.4 Å². The second-order valence-electron chi connectivity index (χ2n) is 9.94. The van der Waals surface area contributed by atoms with Crippen molar-refractivity contribution in [2.45, 2.75) is 72.8 Å². The summed E-state index contributed by atoms with van der Waals surface area (Å²) in [4.78, 5) is 4.97. The second-order valence-corrected chi connectivity index (χ2v) is 10.8. The van der Waals surface area contributed by atoms with Crippen molar-refractivity contribution in [3.05, 3.63) is 52.0 Å². The fourth-order valence-corrected chi connectivity index (χ4v) is 4.57. The summed E-state index contributed by atoms with van der Waals surface area (Å²) in [5.74, 6) is 3.12. The van der Waals surface area contributed by atoms with Crippen LogP contribution in [0, 0.1) is 11.8 Å². The lowest BCUT2D eigenvalue weighted by molar-refractivity contribution is 0.311. The summed E-state index contributed by atoms with van der Waals surface area (Å²) < 4.78 is 8.20. The minimum atomic E-state index is 0.547. The highest BCUT2D eigenvalue weighted by Crippen LogP contribution is 2.28. The lowest BCUT2D eigenvalue weighted by Gasteiger charge is -2.12. The van der Waals surface area contributed by atoms with Crippen LogP contribution in [-0.2, 0) is 13.0 Å². The number of anilines is 1. The molecule has 0 amide bonds. The van der Waals surface area contributed by atoms with E-state index in [0.29, 0.717) is 28.3 Å². The zero-order valence-corrected chi connectivity index (χ0v) is 22.6. The molecule has 6 heteroatoms. The smallest absolute Gasteiger partial charge is 0.203 e. The van der Waals surface area contributed by atoms with Crippen molar-refractivity contribution in [3.63, 3.8) is 0 Å². The highest BCUT2D eigenvalue weighted by Gasteiger charge is 2.12. The van der Waals surface area contributed by atoms with Gasteiger partial charge in [-0.25, -0.2) is 4.98 Å². The van der Waals surface area contributed by atoms with E-state index in [1.54, 1.807) is 12.1 Å². The van der Waals surface area contributed by atoms with Crippen LogP contribution >= 0.6 is 23.2 Å².